The van der Waals surface area contributed by atoms with E-state index in [2.05, 4.69) is 10.0 Å². The predicted molar refractivity (Wildman–Crippen MR) is 101 cm³/mol. The number of nitrogens with two attached hydrogens (primary N) is 1. The molecule has 4 N–H and O–H groups in total. The van der Waals surface area contributed by atoms with Gasteiger partial charge in [0, 0.05) is 0 Å². The average Bonchev–Trinajstić information content (AvgIpc) is 3.20. The summed E-state index contributed by atoms with van der Waals surface area (Å²) in [5, 5.41) is 2.57. The molecule has 9 heteroatoms. The van der Waals surface area contributed by atoms with Gasteiger partial charge in [-0.15, -0.1) is 0 Å². The minimum Gasteiger partial charge on any atom is -0.444 e. The van der Waals surface area contributed by atoms with E-state index in [0.717, 1.165) is 0 Å². The highest BCUT2D eigenvalue weighted by Crippen LogP contribution is 2.49. The second-order valence-electron chi connectivity index (χ2n) is 8.13. The lowest BCUT2D eigenvalue weighted by molar-refractivity contribution is -0.123. The first-order chi connectivity index (χ1) is 12.3. The summed E-state index contributed by atoms with van der Waals surface area (Å²) < 4.78 is 32.4. The first-order valence-corrected chi connectivity index (χ1v) is 10.2. The second-order valence-corrected chi connectivity index (χ2v) is 9.78. The van der Waals surface area contributed by atoms with E-state index in [9.17, 15) is 18.0 Å². The summed E-state index contributed by atoms with van der Waals surface area (Å²) in [4.78, 5) is 24.8. The van der Waals surface area contributed by atoms with E-state index in [1.807, 2.05) is 13.8 Å². The first-order valence-electron chi connectivity index (χ1n) is 8.71. The van der Waals surface area contributed by atoms with Crippen molar-refractivity contribution in [3.05, 3.63) is 24.3 Å². The highest BCUT2D eigenvalue weighted by atomic mass is 32.2. The van der Waals surface area contributed by atoms with Crippen LogP contribution in [-0.2, 0) is 19.6 Å². The number of benzene rings is 1. The lowest BCUT2D eigenvalue weighted by Gasteiger charge is -2.24. The van der Waals surface area contributed by atoms with Crippen LogP contribution in [0.1, 0.15) is 41.0 Å². The molecular formula is C18H27N3O5S. The van der Waals surface area contributed by atoms with Crippen LogP contribution in [0.15, 0.2) is 29.2 Å². The Morgan fingerprint density at radius 3 is 2.33 bits per heavy atom. The summed E-state index contributed by atoms with van der Waals surface area (Å²) in [7, 11) is -4.17. The Balaban J connectivity index is 2.24. The van der Waals surface area contributed by atoms with Crippen LogP contribution in [0.4, 0.5) is 10.5 Å². The Hall–Kier alpha value is -2.29. The van der Waals surface area contributed by atoms with Crippen molar-refractivity contribution in [3.63, 3.8) is 0 Å². The first kappa shape index (κ1) is 21.0. The minimum absolute atomic E-state index is 0.0307. The van der Waals surface area contributed by atoms with Gasteiger partial charge in [0.1, 0.15) is 16.0 Å². The molecule has 2 amide bonds. The number of nitrogen functional groups attached to an aromatic ring is 1. The molecule has 27 heavy (non-hydrogen) atoms. The molecule has 0 heterocycles. The van der Waals surface area contributed by atoms with Crippen LogP contribution in [0.5, 0.6) is 0 Å². The van der Waals surface area contributed by atoms with Crippen LogP contribution in [0.3, 0.4) is 0 Å². The van der Waals surface area contributed by atoms with E-state index in [0.29, 0.717) is 6.42 Å². The average molecular weight is 397 g/mol. The van der Waals surface area contributed by atoms with Crippen molar-refractivity contribution in [1.82, 2.24) is 10.0 Å². The van der Waals surface area contributed by atoms with Gasteiger partial charge < -0.3 is 15.8 Å². The number of ether oxygens (including phenoxy) is 1. The summed E-state index contributed by atoms with van der Waals surface area (Å²) in [5.41, 5.74) is 3.68. The molecule has 1 fully saturated rings. The minimum atomic E-state index is -4.17. The largest absolute Gasteiger partial charge is 0.444 e. The maximum absolute atomic E-state index is 12.8. The zero-order chi connectivity index (χ0) is 20.6. The van der Waals surface area contributed by atoms with Crippen molar-refractivity contribution in [3.8, 4) is 0 Å². The Morgan fingerprint density at radius 1 is 1.26 bits per heavy atom. The SMILES string of the molecule is CC(C)[C@@H]1C[C@]1(NC(=O)OC(C)(C)C)C(=O)NS(=O)(=O)c1ccccc1N. The molecule has 0 aliphatic heterocycles. The number of hydrogen-bond donors (Lipinski definition) is 3. The number of alkyl carbamates (subject to hydrolysis) is 1. The van der Waals surface area contributed by atoms with Gasteiger partial charge in [0.25, 0.3) is 15.9 Å². The third kappa shape index (κ3) is 4.71. The normalized spacial score (nSPS) is 22.2. The number of anilines is 1. The van der Waals surface area contributed by atoms with Crippen molar-refractivity contribution in [1.29, 1.82) is 0 Å². The Kier molecular flexibility index (Phi) is 5.47. The topological polar surface area (TPSA) is 128 Å². The van der Waals surface area contributed by atoms with Gasteiger partial charge in [-0.1, -0.05) is 26.0 Å². The second kappa shape index (κ2) is 7.03. The smallest absolute Gasteiger partial charge is 0.408 e. The zero-order valence-corrected chi connectivity index (χ0v) is 17.0. The zero-order valence-electron chi connectivity index (χ0n) is 16.2. The van der Waals surface area contributed by atoms with Gasteiger partial charge in [-0.25, -0.2) is 17.9 Å². The van der Waals surface area contributed by atoms with Gasteiger partial charge in [-0.3, -0.25) is 4.79 Å². The number of rotatable bonds is 5. The fourth-order valence-electron chi connectivity index (χ4n) is 3.03. The fourth-order valence-corrected chi connectivity index (χ4v) is 4.21. The number of carbonyl (C=O) groups excluding carboxylic acids is 2. The summed E-state index contributed by atoms with van der Waals surface area (Å²) in [5.74, 6) is -0.932. The molecule has 150 valence electrons. The third-order valence-electron chi connectivity index (χ3n) is 4.38. The highest BCUT2D eigenvalue weighted by molar-refractivity contribution is 7.90. The maximum Gasteiger partial charge on any atom is 0.408 e. The summed E-state index contributed by atoms with van der Waals surface area (Å²) >= 11 is 0. The Bertz CT molecular complexity index is 845. The van der Waals surface area contributed by atoms with Crippen LogP contribution < -0.4 is 15.8 Å². The van der Waals surface area contributed by atoms with E-state index >= 15 is 0 Å². The molecule has 8 nitrogen and oxygen atoms in total. The van der Waals surface area contributed by atoms with Gasteiger partial charge in [-0.2, -0.15) is 0 Å². The molecule has 0 bridgehead atoms. The fraction of sp³-hybridized carbons (Fsp3) is 0.556. The molecule has 2 rings (SSSR count). The summed E-state index contributed by atoms with van der Waals surface area (Å²) in [6, 6.07) is 5.85. The van der Waals surface area contributed by atoms with E-state index in [1.165, 1.54) is 18.2 Å². The van der Waals surface area contributed by atoms with Gasteiger partial charge >= 0.3 is 6.09 Å². The predicted octanol–water partition coefficient (Wildman–Crippen LogP) is 2.01. The van der Waals surface area contributed by atoms with Crippen molar-refractivity contribution in [2.45, 2.75) is 57.1 Å². The lowest BCUT2D eigenvalue weighted by Crippen LogP contribution is -2.53. The van der Waals surface area contributed by atoms with Gasteiger partial charge in [0.05, 0.1) is 5.69 Å². The van der Waals surface area contributed by atoms with Crippen LogP contribution >= 0.6 is 0 Å². The van der Waals surface area contributed by atoms with Crippen molar-refractivity contribution in [2.24, 2.45) is 11.8 Å². The van der Waals surface area contributed by atoms with Crippen LogP contribution in [0, 0.1) is 11.8 Å². The molecule has 1 aliphatic carbocycles. The number of sulfonamides is 1. The standard InChI is InChI=1S/C18H27N3O5S/c1-11(2)12-10-18(12,20-16(23)26-17(3,4)5)15(22)21-27(24,25)14-9-7-6-8-13(14)19/h6-9,11-12H,10,19H2,1-5H3,(H,20,23)(H,21,22)/t12-,18+/m0/s1. The number of carbonyl (C=O) groups is 2. The third-order valence-corrected chi connectivity index (χ3v) is 5.79. The maximum atomic E-state index is 12.8. The van der Waals surface area contributed by atoms with Gasteiger partial charge in [-0.05, 0) is 51.2 Å². The van der Waals surface area contributed by atoms with Crippen molar-refractivity contribution in [2.75, 3.05) is 5.73 Å². The molecule has 1 aromatic carbocycles. The molecule has 0 aromatic heterocycles. The molecule has 0 spiro atoms. The molecule has 1 aliphatic rings. The lowest BCUT2D eigenvalue weighted by atomic mass is 10.0. The summed E-state index contributed by atoms with van der Waals surface area (Å²) in [6.07, 6.45) is -0.437. The van der Waals surface area contributed by atoms with Crippen LogP contribution in [-0.4, -0.2) is 31.6 Å². The molecule has 0 saturated heterocycles. The molecule has 0 unspecified atom stereocenters. The Labute approximate surface area is 159 Å². The van der Waals surface area contributed by atoms with E-state index in [4.69, 9.17) is 10.5 Å². The monoisotopic (exact) mass is 397 g/mol. The molecule has 2 atom stereocenters. The van der Waals surface area contributed by atoms with E-state index < -0.39 is 33.2 Å². The molecule has 1 saturated carbocycles. The molecular weight excluding hydrogens is 370 g/mol. The molecule has 0 radical (unpaired) electrons. The number of hydrogen-bond acceptors (Lipinski definition) is 6. The van der Waals surface area contributed by atoms with Crippen molar-refractivity contribution >= 4 is 27.7 Å². The van der Waals surface area contributed by atoms with Crippen LogP contribution in [0.2, 0.25) is 0 Å². The van der Waals surface area contributed by atoms with Gasteiger partial charge in [0.2, 0.25) is 0 Å². The number of amides is 2. The highest BCUT2D eigenvalue weighted by Gasteiger charge is 2.63. The van der Waals surface area contributed by atoms with Crippen LogP contribution in [0.25, 0.3) is 0 Å². The Morgan fingerprint density at radius 2 is 1.85 bits per heavy atom. The molecule has 1 aromatic rings. The summed E-state index contributed by atoms with van der Waals surface area (Å²) in [6.45, 7) is 8.92. The van der Waals surface area contributed by atoms with Gasteiger partial charge in [0.15, 0.2) is 0 Å². The number of nitrogens with one attached hydrogen (secondary N) is 2. The van der Waals surface area contributed by atoms with E-state index in [-0.39, 0.29) is 22.4 Å². The van der Waals surface area contributed by atoms with Crippen molar-refractivity contribution < 1.29 is 22.7 Å². The van der Waals surface area contributed by atoms with E-state index in [1.54, 1.807) is 26.8 Å². The quantitative estimate of drug-likeness (QED) is 0.652. The number of para-hydroxylation sites is 1.